The summed E-state index contributed by atoms with van der Waals surface area (Å²) in [5.74, 6) is 1.05. The topological polar surface area (TPSA) is 53.6 Å². The molecule has 0 aliphatic heterocycles. The molecule has 2 N–H and O–H groups in total. The largest absolute Gasteiger partial charge is 0.458 e. The highest BCUT2D eigenvalue weighted by Gasteiger charge is 2.11. The van der Waals surface area contributed by atoms with Gasteiger partial charge in [-0.1, -0.05) is 28.1 Å². The highest BCUT2D eigenvalue weighted by atomic mass is 79.9. The number of aliphatic hydroxyl groups excluding tert-OH is 2. The molecule has 1 heterocycles. The van der Waals surface area contributed by atoms with Crippen LogP contribution in [-0.2, 0) is 0 Å². The summed E-state index contributed by atoms with van der Waals surface area (Å²) in [5.41, 5.74) is 0.930. The van der Waals surface area contributed by atoms with E-state index >= 15 is 0 Å². The summed E-state index contributed by atoms with van der Waals surface area (Å²) in [6.07, 6.45) is -0.954. The van der Waals surface area contributed by atoms with E-state index in [0.717, 1.165) is 10.0 Å². The van der Waals surface area contributed by atoms with E-state index in [4.69, 9.17) is 9.52 Å². The van der Waals surface area contributed by atoms with Crippen LogP contribution in [0.25, 0.3) is 11.3 Å². The van der Waals surface area contributed by atoms with Crippen molar-refractivity contribution in [1.29, 1.82) is 0 Å². The van der Waals surface area contributed by atoms with E-state index in [-0.39, 0.29) is 6.61 Å². The van der Waals surface area contributed by atoms with Gasteiger partial charge in [-0.15, -0.1) is 0 Å². The van der Waals surface area contributed by atoms with Crippen LogP contribution in [0, 0.1) is 0 Å². The number of hydrogen-bond donors (Lipinski definition) is 2. The molecule has 0 amide bonds. The van der Waals surface area contributed by atoms with Crippen molar-refractivity contribution in [2.45, 2.75) is 6.10 Å². The van der Waals surface area contributed by atoms with E-state index in [9.17, 15) is 5.11 Å². The maximum absolute atomic E-state index is 9.38. The van der Waals surface area contributed by atoms with Gasteiger partial charge >= 0.3 is 0 Å². The van der Waals surface area contributed by atoms with Gasteiger partial charge in [0.2, 0.25) is 0 Å². The zero-order chi connectivity index (χ0) is 11.5. The first kappa shape index (κ1) is 11.4. The molecule has 84 valence electrons. The van der Waals surface area contributed by atoms with Crippen molar-refractivity contribution < 1.29 is 14.6 Å². The van der Waals surface area contributed by atoms with Gasteiger partial charge in [-0.05, 0) is 24.3 Å². The quantitative estimate of drug-likeness (QED) is 0.910. The third kappa shape index (κ3) is 2.35. The summed E-state index contributed by atoms with van der Waals surface area (Å²) >= 11 is 3.35. The van der Waals surface area contributed by atoms with Gasteiger partial charge in [0, 0.05) is 10.0 Å². The summed E-state index contributed by atoms with van der Waals surface area (Å²) in [6.45, 7) is -0.340. The molecule has 3 nitrogen and oxygen atoms in total. The van der Waals surface area contributed by atoms with Crippen LogP contribution in [0.1, 0.15) is 11.9 Å². The van der Waals surface area contributed by atoms with Gasteiger partial charge in [0.25, 0.3) is 0 Å². The van der Waals surface area contributed by atoms with Crippen LogP contribution in [0.5, 0.6) is 0 Å². The molecular formula is C12H11BrO3. The third-order valence-corrected chi connectivity index (χ3v) is 2.79. The fourth-order valence-electron chi connectivity index (χ4n) is 1.39. The van der Waals surface area contributed by atoms with Crippen molar-refractivity contribution in [2.24, 2.45) is 0 Å². The molecule has 4 heteroatoms. The van der Waals surface area contributed by atoms with E-state index in [1.54, 1.807) is 12.1 Å². The lowest BCUT2D eigenvalue weighted by Crippen LogP contribution is -1.99. The molecule has 0 unspecified atom stereocenters. The first-order valence-electron chi connectivity index (χ1n) is 4.85. The number of aliphatic hydroxyl groups is 2. The van der Waals surface area contributed by atoms with Crippen molar-refractivity contribution in [3.63, 3.8) is 0 Å². The maximum atomic E-state index is 9.38. The Balaban J connectivity index is 2.28. The first-order chi connectivity index (χ1) is 7.70. The van der Waals surface area contributed by atoms with Gasteiger partial charge in [-0.25, -0.2) is 0 Å². The molecule has 1 aromatic carbocycles. The van der Waals surface area contributed by atoms with Gasteiger partial charge in [0.05, 0.1) is 6.61 Å². The molecule has 1 aromatic heterocycles. The predicted octanol–water partition coefficient (Wildman–Crippen LogP) is 2.73. The van der Waals surface area contributed by atoms with Crippen molar-refractivity contribution in [1.82, 2.24) is 0 Å². The summed E-state index contributed by atoms with van der Waals surface area (Å²) in [7, 11) is 0. The van der Waals surface area contributed by atoms with Gasteiger partial charge < -0.3 is 14.6 Å². The predicted molar refractivity (Wildman–Crippen MR) is 63.9 cm³/mol. The molecule has 0 bridgehead atoms. The summed E-state index contributed by atoms with van der Waals surface area (Å²) in [6, 6.07) is 11.1. The van der Waals surface area contributed by atoms with E-state index in [0.29, 0.717) is 11.5 Å². The minimum atomic E-state index is -0.954. The third-order valence-electron chi connectivity index (χ3n) is 2.26. The smallest absolute Gasteiger partial charge is 0.135 e. The van der Waals surface area contributed by atoms with Gasteiger partial charge in [0.1, 0.15) is 17.6 Å². The zero-order valence-corrected chi connectivity index (χ0v) is 10.0. The molecule has 16 heavy (non-hydrogen) atoms. The molecule has 0 spiro atoms. The fourth-order valence-corrected chi connectivity index (χ4v) is 1.66. The SMILES string of the molecule is OC[C@@H](O)c1ccc(-c2ccc(Br)cc2)o1. The van der Waals surface area contributed by atoms with E-state index in [1.165, 1.54) is 0 Å². The Morgan fingerprint density at radius 1 is 1.12 bits per heavy atom. The van der Waals surface area contributed by atoms with Crippen molar-refractivity contribution >= 4 is 15.9 Å². The molecule has 0 radical (unpaired) electrons. The van der Waals surface area contributed by atoms with Crippen LogP contribution < -0.4 is 0 Å². The van der Waals surface area contributed by atoms with Crippen molar-refractivity contribution in [3.05, 3.63) is 46.6 Å². The highest BCUT2D eigenvalue weighted by molar-refractivity contribution is 9.10. The Bertz CT molecular complexity index is 461. The minimum Gasteiger partial charge on any atom is -0.458 e. The molecule has 0 fully saturated rings. The lowest BCUT2D eigenvalue weighted by Gasteiger charge is -2.02. The number of furan rings is 1. The van der Waals surface area contributed by atoms with Crippen LogP contribution in [0.4, 0.5) is 0 Å². The Labute approximate surface area is 101 Å². The monoisotopic (exact) mass is 282 g/mol. The Hall–Kier alpha value is -1.10. The normalized spacial score (nSPS) is 12.7. The molecular weight excluding hydrogens is 272 g/mol. The highest BCUT2D eigenvalue weighted by Crippen LogP contribution is 2.26. The molecule has 1 atom stereocenters. The lowest BCUT2D eigenvalue weighted by molar-refractivity contribution is 0.0781. The van der Waals surface area contributed by atoms with Crippen LogP contribution in [0.15, 0.2) is 45.3 Å². The number of halogens is 1. The van der Waals surface area contributed by atoms with Gasteiger partial charge in [-0.2, -0.15) is 0 Å². The van der Waals surface area contributed by atoms with Crippen LogP contribution in [0.2, 0.25) is 0 Å². The summed E-state index contributed by atoms with van der Waals surface area (Å²) in [4.78, 5) is 0. The lowest BCUT2D eigenvalue weighted by atomic mass is 10.2. The van der Waals surface area contributed by atoms with Crippen LogP contribution >= 0.6 is 15.9 Å². The molecule has 0 aliphatic rings. The minimum absolute atomic E-state index is 0.340. The molecule has 2 rings (SSSR count). The Morgan fingerprint density at radius 3 is 2.44 bits per heavy atom. The van der Waals surface area contributed by atoms with Crippen molar-refractivity contribution in [3.8, 4) is 11.3 Å². The van der Waals surface area contributed by atoms with Gasteiger partial charge in [0.15, 0.2) is 0 Å². The molecule has 0 saturated heterocycles. The second-order valence-corrected chi connectivity index (χ2v) is 4.32. The van der Waals surface area contributed by atoms with E-state index < -0.39 is 6.10 Å². The Kier molecular flexibility index (Phi) is 3.43. The molecule has 0 saturated carbocycles. The fraction of sp³-hybridized carbons (Fsp3) is 0.167. The zero-order valence-electron chi connectivity index (χ0n) is 8.43. The Morgan fingerprint density at radius 2 is 1.81 bits per heavy atom. The summed E-state index contributed by atoms with van der Waals surface area (Å²) < 4.78 is 6.44. The van der Waals surface area contributed by atoms with E-state index in [2.05, 4.69) is 15.9 Å². The maximum Gasteiger partial charge on any atom is 0.135 e. The van der Waals surface area contributed by atoms with Crippen LogP contribution in [-0.4, -0.2) is 16.8 Å². The number of hydrogen-bond acceptors (Lipinski definition) is 3. The first-order valence-corrected chi connectivity index (χ1v) is 5.64. The molecule has 2 aromatic rings. The average molecular weight is 283 g/mol. The number of benzene rings is 1. The second-order valence-electron chi connectivity index (χ2n) is 3.41. The standard InChI is InChI=1S/C12H11BrO3/c13-9-3-1-8(2-4-9)11-5-6-12(16-11)10(15)7-14/h1-6,10,14-15H,7H2/t10-/m1/s1. The second kappa shape index (κ2) is 4.82. The molecule has 0 aliphatic carbocycles. The van der Waals surface area contributed by atoms with Crippen molar-refractivity contribution in [2.75, 3.05) is 6.61 Å². The van der Waals surface area contributed by atoms with E-state index in [1.807, 2.05) is 24.3 Å². The number of rotatable bonds is 3. The van der Waals surface area contributed by atoms with Crippen LogP contribution in [0.3, 0.4) is 0 Å². The average Bonchev–Trinajstić information content (AvgIpc) is 2.78. The summed E-state index contributed by atoms with van der Waals surface area (Å²) in [5, 5.41) is 18.2. The van der Waals surface area contributed by atoms with Gasteiger partial charge in [-0.3, -0.25) is 0 Å².